The van der Waals surface area contributed by atoms with Crippen LogP contribution in [0.15, 0.2) is 12.1 Å². The molecule has 14 heavy (non-hydrogen) atoms. The van der Waals surface area contributed by atoms with Crippen LogP contribution in [0.25, 0.3) is 0 Å². The third kappa shape index (κ3) is 2.53. The van der Waals surface area contributed by atoms with E-state index in [1.54, 1.807) is 6.07 Å². The SMILES string of the molecule is NC(=O)c1cc(Cl)cc(Cl)c1CCCl. The van der Waals surface area contributed by atoms with Crippen LogP contribution in [0.3, 0.4) is 0 Å². The first-order valence-corrected chi connectivity index (χ1v) is 5.19. The van der Waals surface area contributed by atoms with Gasteiger partial charge in [-0.3, -0.25) is 4.79 Å². The van der Waals surface area contributed by atoms with Crippen molar-refractivity contribution in [1.82, 2.24) is 0 Å². The van der Waals surface area contributed by atoms with Crippen LogP contribution in [0, 0.1) is 0 Å². The van der Waals surface area contributed by atoms with Crippen molar-refractivity contribution in [1.29, 1.82) is 0 Å². The molecule has 1 aromatic rings. The van der Waals surface area contributed by atoms with Gasteiger partial charge in [-0.1, -0.05) is 23.2 Å². The molecule has 0 aliphatic carbocycles. The van der Waals surface area contributed by atoms with E-state index in [2.05, 4.69) is 0 Å². The molecule has 0 fully saturated rings. The van der Waals surface area contributed by atoms with Crippen LogP contribution in [0.2, 0.25) is 10.0 Å². The van der Waals surface area contributed by atoms with E-state index >= 15 is 0 Å². The molecule has 1 rings (SSSR count). The fraction of sp³-hybridized carbons (Fsp3) is 0.222. The number of halogens is 3. The fourth-order valence-corrected chi connectivity index (χ4v) is 1.95. The number of alkyl halides is 1. The first kappa shape index (κ1) is 11.6. The second-order valence-corrected chi connectivity index (χ2v) is 3.94. The zero-order valence-electron chi connectivity index (χ0n) is 7.19. The second-order valence-electron chi connectivity index (χ2n) is 2.72. The summed E-state index contributed by atoms with van der Waals surface area (Å²) in [6.45, 7) is 0. The smallest absolute Gasteiger partial charge is 0.249 e. The highest BCUT2D eigenvalue weighted by molar-refractivity contribution is 6.35. The molecule has 0 atom stereocenters. The van der Waals surface area contributed by atoms with Gasteiger partial charge < -0.3 is 5.73 Å². The number of primary amides is 1. The van der Waals surface area contributed by atoms with E-state index in [1.807, 2.05) is 0 Å². The van der Waals surface area contributed by atoms with Crippen molar-refractivity contribution in [2.75, 3.05) is 5.88 Å². The first-order chi connectivity index (χ1) is 6.56. The molecule has 0 heterocycles. The van der Waals surface area contributed by atoms with Crippen LogP contribution in [0.5, 0.6) is 0 Å². The largest absolute Gasteiger partial charge is 0.366 e. The zero-order valence-corrected chi connectivity index (χ0v) is 9.46. The topological polar surface area (TPSA) is 43.1 Å². The standard InChI is InChI=1S/C9H8Cl3NO/c10-2-1-6-7(9(13)14)3-5(11)4-8(6)12/h3-4H,1-2H2,(H2,13,14). The number of benzene rings is 1. The molecule has 0 radical (unpaired) electrons. The van der Waals surface area contributed by atoms with E-state index in [-0.39, 0.29) is 0 Å². The van der Waals surface area contributed by atoms with E-state index in [0.717, 1.165) is 0 Å². The maximum Gasteiger partial charge on any atom is 0.249 e. The highest BCUT2D eigenvalue weighted by Crippen LogP contribution is 2.25. The average Bonchev–Trinajstić information content (AvgIpc) is 2.09. The van der Waals surface area contributed by atoms with Crippen LogP contribution in [-0.4, -0.2) is 11.8 Å². The molecular weight excluding hydrogens is 244 g/mol. The van der Waals surface area contributed by atoms with E-state index in [9.17, 15) is 4.79 Å². The van der Waals surface area contributed by atoms with Gasteiger partial charge in [0.05, 0.1) is 0 Å². The Labute approximate surface area is 96.9 Å². The maximum absolute atomic E-state index is 11.1. The molecule has 0 unspecified atom stereocenters. The lowest BCUT2D eigenvalue weighted by atomic mass is 10.0. The Bertz CT molecular complexity index is 365. The van der Waals surface area contributed by atoms with Crippen molar-refractivity contribution in [3.63, 3.8) is 0 Å². The van der Waals surface area contributed by atoms with Gasteiger partial charge in [-0.2, -0.15) is 0 Å². The Morgan fingerprint density at radius 3 is 2.50 bits per heavy atom. The quantitative estimate of drug-likeness (QED) is 0.826. The van der Waals surface area contributed by atoms with E-state index in [1.165, 1.54) is 6.07 Å². The van der Waals surface area contributed by atoms with Crippen molar-refractivity contribution >= 4 is 40.7 Å². The summed E-state index contributed by atoms with van der Waals surface area (Å²) in [7, 11) is 0. The second kappa shape index (κ2) is 4.87. The summed E-state index contributed by atoms with van der Waals surface area (Å²) in [5.41, 5.74) is 6.17. The summed E-state index contributed by atoms with van der Waals surface area (Å²) in [6, 6.07) is 3.06. The Kier molecular flexibility index (Phi) is 4.05. The Balaban J connectivity index is 3.28. The molecule has 76 valence electrons. The number of carbonyl (C=O) groups is 1. The number of amides is 1. The summed E-state index contributed by atoms with van der Waals surface area (Å²) in [5.74, 6) is -0.170. The van der Waals surface area contributed by atoms with Gasteiger partial charge >= 0.3 is 0 Å². The Morgan fingerprint density at radius 2 is 2.00 bits per heavy atom. The first-order valence-electron chi connectivity index (χ1n) is 3.90. The minimum atomic E-state index is -0.547. The van der Waals surface area contributed by atoms with Crippen LogP contribution in [0.4, 0.5) is 0 Å². The number of hydrogen-bond acceptors (Lipinski definition) is 1. The lowest BCUT2D eigenvalue weighted by molar-refractivity contribution is 0.0999. The van der Waals surface area contributed by atoms with Gasteiger partial charge in [0.15, 0.2) is 0 Å². The molecule has 0 aliphatic rings. The summed E-state index contributed by atoms with van der Waals surface area (Å²) >= 11 is 17.2. The van der Waals surface area contributed by atoms with Gasteiger partial charge in [0.1, 0.15) is 0 Å². The predicted molar refractivity (Wildman–Crippen MR) is 59.4 cm³/mol. The molecule has 5 heteroatoms. The van der Waals surface area contributed by atoms with Gasteiger partial charge in [0.2, 0.25) is 5.91 Å². The molecule has 2 N–H and O–H groups in total. The monoisotopic (exact) mass is 251 g/mol. The number of hydrogen-bond donors (Lipinski definition) is 1. The number of rotatable bonds is 3. The Morgan fingerprint density at radius 1 is 1.36 bits per heavy atom. The molecule has 1 amide bonds. The van der Waals surface area contributed by atoms with Crippen molar-refractivity contribution in [2.24, 2.45) is 5.73 Å². The summed E-state index contributed by atoms with van der Waals surface area (Å²) < 4.78 is 0. The normalized spacial score (nSPS) is 10.2. The van der Waals surface area contributed by atoms with Crippen molar-refractivity contribution in [3.05, 3.63) is 33.3 Å². The molecule has 2 nitrogen and oxygen atoms in total. The predicted octanol–water partition coefficient (Wildman–Crippen LogP) is 2.87. The summed E-state index contributed by atoms with van der Waals surface area (Å²) in [4.78, 5) is 11.1. The molecular formula is C9H8Cl3NO. The van der Waals surface area contributed by atoms with Gasteiger partial charge in [-0.15, -0.1) is 11.6 Å². The van der Waals surface area contributed by atoms with Gasteiger partial charge in [0, 0.05) is 21.5 Å². The molecule has 0 bridgehead atoms. The van der Waals surface area contributed by atoms with Crippen molar-refractivity contribution in [2.45, 2.75) is 6.42 Å². The van der Waals surface area contributed by atoms with Gasteiger partial charge in [0.25, 0.3) is 0 Å². The lowest BCUT2D eigenvalue weighted by Gasteiger charge is -2.07. The van der Waals surface area contributed by atoms with E-state index in [4.69, 9.17) is 40.5 Å². The minimum Gasteiger partial charge on any atom is -0.366 e. The number of nitrogens with two attached hydrogens (primary N) is 1. The third-order valence-corrected chi connectivity index (χ3v) is 2.51. The lowest BCUT2D eigenvalue weighted by Crippen LogP contribution is -2.14. The average molecular weight is 253 g/mol. The highest BCUT2D eigenvalue weighted by atomic mass is 35.5. The van der Waals surface area contributed by atoms with Crippen LogP contribution >= 0.6 is 34.8 Å². The van der Waals surface area contributed by atoms with E-state index < -0.39 is 5.91 Å². The van der Waals surface area contributed by atoms with Crippen LogP contribution in [0.1, 0.15) is 15.9 Å². The zero-order chi connectivity index (χ0) is 10.7. The van der Waals surface area contributed by atoms with Gasteiger partial charge in [-0.25, -0.2) is 0 Å². The summed E-state index contributed by atoms with van der Waals surface area (Å²) in [5, 5.41) is 0.814. The fourth-order valence-electron chi connectivity index (χ4n) is 1.17. The van der Waals surface area contributed by atoms with Crippen LogP contribution < -0.4 is 5.73 Å². The molecule has 0 aliphatic heterocycles. The molecule has 0 saturated carbocycles. The van der Waals surface area contributed by atoms with E-state index in [0.29, 0.717) is 33.5 Å². The van der Waals surface area contributed by atoms with Crippen LogP contribution in [-0.2, 0) is 6.42 Å². The van der Waals surface area contributed by atoms with Crippen molar-refractivity contribution < 1.29 is 4.79 Å². The third-order valence-electron chi connectivity index (χ3n) is 1.77. The molecule has 0 aromatic heterocycles. The molecule has 1 aromatic carbocycles. The maximum atomic E-state index is 11.1. The van der Waals surface area contributed by atoms with Gasteiger partial charge in [-0.05, 0) is 24.1 Å². The minimum absolute atomic E-state index is 0.336. The molecule has 0 spiro atoms. The number of carbonyl (C=O) groups excluding carboxylic acids is 1. The highest BCUT2D eigenvalue weighted by Gasteiger charge is 2.12. The molecule has 0 saturated heterocycles. The summed E-state index contributed by atoms with van der Waals surface area (Å²) in [6.07, 6.45) is 0.496. The Hall–Kier alpha value is -0.440. The van der Waals surface area contributed by atoms with Crippen molar-refractivity contribution in [3.8, 4) is 0 Å².